The van der Waals surface area contributed by atoms with Gasteiger partial charge in [0.15, 0.2) is 0 Å². The number of nitrogens with zero attached hydrogens (tertiary/aromatic N) is 1. The smallest absolute Gasteiger partial charge is 0.321 e. The lowest BCUT2D eigenvalue weighted by atomic mass is 10.0. The minimum Gasteiger partial charge on any atom is -0.497 e. The SMILES string of the molecule is COc1ccc(C2CCCCCN2CC(=O)NC(=O)NC(C)(C)C)cc1. The Labute approximate surface area is 156 Å². The van der Waals surface area contributed by atoms with Gasteiger partial charge < -0.3 is 10.1 Å². The summed E-state index contributed by atoms with van der Waals surface area (Å²) in [5.41, 5.74) is 0.804. The Morgan fingerprint density at radius 3 is 2.46 bits per heavy atom. The molecule has 6 nitrogen and oxygen atoms in total. The lowest BCUT2D eigenvalue weighted by molar-refractivity contribution is -0.121. The van der Waals surface area contributed by atoms with Gasteiger partial charge in [0.25, 0.3) is 0 Å². The summed E-state index contributed by atoms with van der Waals surface area (Å²) in [6, 6.07) is 7.76. The predicted molar refractivity (Wildman–Crippen MR) is 102 cm³/mol. The number of carbonyl (C=O) groups excluding carboxylic acids is 2. The van der Waals surface area contributed by atoms with E-state index in [1.165, 1.54) is 5.56 Å². The van der Waals surface area contributed by atoms with Crippen molar-refractivity contribution in [3.63, 3.8) is 0 Å². The highest BCUT2D eigenvalue weighted by Crippen LogP contribution is 2.30. The van der Waals surface area contributed by atoms with Crippen LogP contribution in [0.15, 0.2) is 24.3 Å². The predicted octanol–water partition coefficient (Wildman–Crippen LogP) is 3.24. The van der Waals surface area contributed by atoms with Gasteiger partial charge >= 0.3 is 6.03 Å². The molecule has 0 saturated carbocycles. The molecule has 2 N–H and O–H groups in total. The van der Waals surface area contributed by atoms with Crippen molar-refractivity contribution in [1.29, 1.82) is 0 Å². The van der Waals surface area contributed by atoms with Crippen LogP contribution < -0.4 is 15.4 Å². The van der Waals surface area contributed by atoms with Crippen molar-refractivity contribution in [2.24, 2.45) is 0 Å². The third kappa shape index (κ3) is 6.33. The van der Waals surface area contributed by atoms with E-state index in [1.807, 2.05) is 32.9 Å². The van der Waals surface area contributed by atoms with Gasteiger partial charge in [0.2, 0.25) is 5.91 Å². The van der Waals surface area contributed by atoms with Crippen LogP contribution in [-0.2, 0) is 4.79 Å². The number of amides is 3. The van der Waals surface area contributed by atoms with Crippen LogP contribution in [0.25, 0.3) is 0 Å². The van der Waals surface area contributed by atoms with E-state index in [0.717, 1.165) is 38.0 Å². The van der Waals surface area contributed by atoms with Crippen molar-refractivity contribution in [3.05, 3.63) is 29.8 Å². The Hall–Kier alpha value is -2.08. The average molecular weight is 361 g/mol. The highest BCUT2D eigenvalue weighted by Gasteiger charge is 2.25. The van der Waals surface area contributed by atoms with Gasteiger partial charge in [-0.2, -0.15) is 0 Å². The molecule has 1 aliphatic heterocycles. The second-order valence-corrected chi connectivity index (χ2v) is 7.86. The summed E-state index contributed by atoms with van der Waals surface area (Å²) in [5.74, 6) is 0.553. The molecule has 1 saturated heterocycles. The molecule has 26 heavy (non-hydrogen) atoms. The number of carbonyl (C=O) groups is 2. The van der Waals surface area contributed by atoms with Crippen LogP contribution in [0.3, 0.4) is 0 Å². The van der Waals surface area contributed by atoms with Crippen LogP contribution in [-0.4, -0.2) is 42.6 Å². The van der Waals surface area contributed by atoms with E-state index in [2.05, 4.69) is 27.7 Å². The quantitative estimate of drug-likeness (QED) is 0.864. The lowest BCUT2D eigenvalue weighted by Gasteiger charge is -2.30. The fourth-order valence-electron chi connectivity index (χ4n) is 3.28. The van der Waals surface area contributed by atoms with Gasteiger partial charge in [0, 0.05) is 11.6 Å². The van der Waals surface area contributed by atoms with E-state index < -0.39 is 6.03 Å². The maximum Gasteiger partial charge on any atom is 0.321 e. The molecular weight excluding hydrogens is 330 g/mol. The third-order valence-corrected chi connectivity index (χ3v) is 4.45. The van der Waals surface area contributed by atoms with Gasteiger partial charge in [-0.05, 0) is 57.9 Å². The fraction of sp³-hybridized carbons (Fsp3) is 0.600. The zero-order chi connectivity index (χ0) is 19.2. The molecule has 1 aromatic rings. The molecule has 1 heterocycles. The van der Waals surface area contributed by atoms with E-state index in [1.54, 1.807) is 7.11 Å². The third-order valence-electron chi connectivity index (χ3n) is 4.45. The molecule has 0 bridgehead atoms. The number of hydrogen-bond acceptors (Lipinski definition) is 4. The molecule has 1 aliphatic rings. The summed E-state index contributed by atoms with van der Waals surface area (Å²) >= 11 is 0. The van der Waals surface area contributed by atoms with Crippen LogP contribution in [0.2, 0.25) is 0 Å². The largest absolute Gasteiger partial charge is 0.497 e. The highest BCUT2D eigenvalue weighted by atomic mass is 16.5. The first kappa shape index (κ1) is 20.2. The van der Waals surface area contributed by atoms with Crippen molar-refractivity contribution in [2.75, 3.05) is 20.2 Å². The Balaban J connectivity index is 2.03. The molecule has 1 aromatic carbocycles. The number of imide groups is 1. The van der Waals surface area contributed by atoms with E-state index in [-0.39, 0.29) is 24.0 Å². The van der Waals surface area contributed by atoms with Gasteiger partial charge in [0.1, 0.15) is 5.75 Å². The van der Waals surface area contributed by atoms with Crippen LogP contribution in [0.5, 0.6) is 5.75 Å². The number of benzene rings is 1. The first-order valence-electron chi connectivity index (χ1n) is 9.28. The molecule has 1 atom stereocenters. The zero-order valence-electron chi connectivity index (χ0n) is 16.3. The summed E-state index contributed by atoms with van der Waals surface area (Å²) < 4.78 is 5.23. The van der Waals surface area contributed by atoms with Gasteiger partial charge in [-0.1, -0.05) is 25.0 Å². The number of hydrogen-bond donors (Lipinski definition) is 2. The highest BCUT2D eigenvalue weighted by molar-refractivity contribution is 5.95. The molecule has 0 aliphatic carbocycles. The second kappa shape index (κ2) is 9.03. The monoisotopic (exact) mass is 361 g/mol. The molecule has 0 radical (unpaired) electrons. The van der Waals surface area contributed by atoms with Crippen LogP contribution >= 0.6 is 0 Å². The molecule has 2 rings (SSSR count). The Bertz CT molecular complexity index is 608. The van der Waals surface area contributed by atoms with Crippen molar-refractivity contribution >= 4 is 11.9 Å². The van der Waals surface area contributed by atoms with Gasteiger partial charge in [-0.3, -0.25) is 15.0 Å². The molecule has 1 unspecified atom stereocenters. The number of ether oxygens (including phenoxy) is 1. The van der Waals surface area contributed by atoms with Crippen molar-refractivity contribution < 1.29 is 14.3 Å². The summed E-state index contributed by atoms with van der Waals surface area (Å²) in [5, 5.41) is 5.20. The van der Waals surface area contributed by atoms with Crippen molar-refractivity contribution in [2.45, 2.75) is 58.0 Å². The molecule has 3 amide bonds. The minimum atomic E-state index is -0.446. The number of methoxy groups -OCH3 is 1. The van der Waals surface area contributed by atoms with Crippen molar-refractivity contribution in [1.82, 2.24) is 15.5 Å². The normalized spacial score (nSPS) is 18.7. The Kier molecular flexibility index (Phi) is 7.03. The molecular formula is C20H31N3O3. The standard InChI is InChI=1S/C20H31N3O3/c1-20(2,3)22-19(25)21-18(24)14-23-13-7-5-6-8-17(23)15-9-11-16(26-4)12-10-15/h9-12,17H,5-8,13-14H2,1-4H3,(H2,21,22,24,25). The summed E-state index contributed by atoms with van der Waals surface area (Å²) in [6.07, 6.45) is 4.37. The second-order valence-electron chi connectivity index (χ2n) is 7.86. The Morgan fingerprint density at radius 1 is 1.15 bits per heavy atom. The summed E-state index contributed by atoms with van der Waals surface area (Å²) in [7, 11) is 1.65. The Morgan fingerprint density at radius 2 is 1.85 bits per heavy atom. The molecule has 144 valence electrons. The number of nitrogens with one attached hydrogen (secondary N) is 2. The fourth-order valence-corrected chi connectivity index (χ4v) is 3.28. The number of likely N-dealkylation sites (tertiary alicyclic amines) is 1. The maximum absolute atomic E-state index is 12.4. The molecule has 0 spiro atoms. The molecule has 6 heteroatoms. The minimum absolute atomic E-state index is 0.180. The maximum atomic E-state index is 12.4. The molecule has 0 aromatic heterocycles. The summed E-state index contributed by atoms with van der Waals surface area (Å²) in [4.78, 5) is 26.5. The van der Waals surface area contributed by atoms with E-state index in [4.69, 9.17) is 4.74 Å². The topological polar surface area (TPSA) is 70.7 Å². The van der Waals surface area contributed by atoms with Gasteiger partial charge in [-0.15, -0.1) is 0 Å². The van der Waals surface area contributed by atoms with E-state index in [0.29, 0.717) is 0 Å². The number of rotatable bonds is 4. The summed E-state index contributed by atoms with van der Waals surface area (Å²) in [6.45, 7) is 6.71. The average Bonchev–Trinajstić information content (AvgIpc) is 2.78. The molecule has 1 fully saturated rings. The zero-order valence-corrected chi connectivity index (χ0v) is 16.3. The van der Waals surface area contributed by atoms with Crippen LogP contribution in [0, 0.1) is 0 Å². The van der Waals surface area contributed by atoms with Gasteiger partial charge in [0.05, 0.1) is 13.7 Å². The van der Waals surface area contributed by atoms with Crippen molar-refractivity contribution in [3.8, 4) is 5.75 Å². The van der Waals surface area contributed by atoms with E-state index in [9.17, 15) is 9.59 Å². The number of urea groups is 1. The first-order chi connectivity index (χ1) is 12.3. The lowest BCUT2D eigenvalue weighted by Crippen LogP contribution is -2.50. The van der Waals surface area contributed by atoms with E-state index >= 15 is 0 Å². The van der Waals surface area contributed by atoms with Crippen LogP contribution in [0.1, 0.15) is 58.1 Å². The van der Waals surface area contributed by atoms with Gasteiger partial charge in [-0.25, -0.2) is 4.79 Å². The van der Waals surface area contributed by atoms with Crippen LogP contribution in [0.4, 0.5) is 4.79 Å². The first-order valence-corrected chi connectivity index (χ1v) is 9.28.